The van der Waals surface area contributed by atoms with Gasteiger partial charge in [0.25, 0.3) is 0 Å². The summed E-state index contributed by atoms with van der Waals surface area (Å²) >= 11 is 0. The summed E-state index contributed by atoms with van der Waals surface area (Å²) in [4.78, 5) is 0. The minimum absolute atomic E-state index is 0.747. The first kappa shape index (κ1) is 16.5. The maximum absolute atomic E-state index is 6.19. The Kier molecular flexibility index (Phi) is 4.71. The fourth-order valence-electron chi connectivity index (χ4n) is 3.52. The van der Waals surface area contributed by atoms with Crippen LogP contribution in [0.1, 0.15) is 26.7 Å². The Hall–Kier alpha value is -1.94. The maximum atomic E-state index is 6.19. The van der Waals surface area contributed by atoms with Crippen LogP contribution in [0.15, 0.2) is 54.6 Å². The van der Waals surface area contributed by atoms with E-state index in [1.165, 1.54) is 37.5 Å². The SMILES string of the molecule is CCCO[Si](OCCC)c1cc2cccc3ccc4cccc1c4c32. The Bertz CT molecular complexity index is 987. The molecule has 0 aliphatic carbocycles. The van der Waals surface area contributed by atoms with Crippen LogP contribution in [0, 0.1) is 0 Å². The molecule has 3 heteroatoms. The van der Waals surface area contributed by atoms with Crippen LogP contribution >= 0.6 is 0 Å². The molecule has 0 heterocycles. The summed E-state index contributed by atoms with van der Waals surface area (Å²) in [6.07, 6.45) is 2.01. The van der Waals surface area contributed by atoms with Crippen LogP contribution < -0.4 is 5.19 Å². The van der Waals surface area contributed by atoms with Crippen LogP contribution in [0.3, 0.4) is 0 Å². The van der Waals surface area contributed by atoms with E-state index in [9.17, 15) is 0 Å². The Labute approximate surface area is 150 Å². The number of benzene rings is 4. The third-order valence-corrected chi connectivity index (χ3v) is 6.39. The summed E-state index contributed by atoms with van der Waals surface area (Å²) in [6.45, 7) is 5.78. The quantitative estimate of drug-likeness (QED) is 0.341. The summed E-state index contributed by atoms with van der Waals surface area (Å²) in [5.74, 6) is 0. The van der Waals surface area contributed by atoms with Gasteiger partial charge < -0.3 is 8.85 Å². The summed E-state index contributed by atoms with van der Waals surface area (Å²) in [5, 5.41) is 9.08. The van der Waals surface area contributed by atoms with Gasteiger partial charge in [-0.3, -0.25) is 0 Å². The summed E-state index contributed by atoms with van der Waals surface area (Å²) in [5.41, 5.74) is 0. The number of hydrogen-bond donors (Lipinski definition) is 0. The molecular formula is C22H23O2Si. The Balaban J connectivity index is 1.98. The fourth-order valence-corrected chi connectivity index (χ4v) is 5.39. The minimum atomic E-state index is -1.49. The molecule has 0 aliphatic heterocycles. The zero-order valence-corrected chi connectivity index (χ0v) is 15.8. The van der Waals surface area contributed by atoms with Gasteiger partial charge in [-0.2, -0.15) is 0 Å². The van der Waals surface area contributed by atoms with E-state index in [1.807, 2.05) is 0 Å². The topological polar surface area (TPSA) is 18.5 Å². The van der Waals surface area contributed by atoms with Crippen molar-refractivity contribution in [2.24, 2.45) is 0 Å². The molecule has 0 bridgehead atoms. The lowest BCUT2D eigenvalue weighted by molar-refractivity contribution is 0.208. The molecule has 4 aromatic carbocycles. The van der Waals surface area contributed by atoms with Gasteiger partial charge in [0.2, 0.25) is 0 Å². The lowest BCUT2D eigenvalue weighted by Gasteiger charge is -2.19. The zero-order valence-electron chi connectivity index (χ0n) is 14.8. The summed E-state index contributed by atoms with van der Waals surface area (Å²) in [7, 11) is -1.49. The van der Waals surface area contributed by atoms with E-state index >= 15 is 0 Å². The third-order valence-electron chi connectivity index (χ3n) is 4.60. The van der Waals surface area contributed by atoms with E-state index in [2.05, 4.69) is 68.4 Å². The van der Waals surface area contributed by atoms with E-state index < -0.39 is 9.28 Å². The highest BCUT2D eigenvalue weighted by Crippen LogP contribution is 2.33. The van der Waals surface area contributed by atoms with Gasteiger partial charge in [0.1, 0.15) is 0 Å². The molecule has 0 fully saturated rings. The molecule has 0 aromatic heterocycles. The molecule has 0 saturated carbocycles. The van der Waals surface area contributed by atoms with Crippen molar-refractivity contribution in [1.29, 1.82) is 0 Å². The van der Waals surface area contributed by atoms with Gasteiger partial charge in [0, 0.05) is 18.4 Å². The zero-order chi connectivity index (χ0) is 17.2. The van der Waals surface area contributed by atoms with E-state index in [4.69, 9.17) is 8.85 Å². The molecule has 1 radical (unpaired) electrons. The van der Waals surface area contributed by atoms with E-state index in [1.54, 1.807) is 0 Å². The largest absolute Gasteiger partial charge is 0.424 e. The first-order valence-corrected chi connectivity index (χ1v) is 10.4. The van der Waals surface area contributed by atoms with Crippen LogP contribution in [0.4, 0.5) is 0 Å². The molecule has 0 amide bonds. The molecule has 25 heavy (non-hydrogen) atoms. The monoisotopic (exact) mass is 347 g/mol. The Morgan fingerprint density at radius 2 is 1.32 bits per heavy atom. The average Bonchev–Trinajstić information content (AvgIpc) is 2.66. The molecule has 4 aromatic rings. The standard InChI is InChI=1S/C22H23O2Si/c1-3-13-23-25(24-14-4-2)20-15-18-9-5-7-16-11-12-17-8-6-10-19(20)22(17)21(16)18/h5-12,15H,3-4,13-14H2,1-2H3. The van der Waals surface area contributed by atoms with Gasteiger partial charge in [0.05, 0.1) is 0 Å². The highest BCUT2D eigenvalue weighted by Gasteiger charge is 2.23. The second kappa shape index (κ2) is 7.12. The normalized spacial score (nSPS) is 12.1. The maximum Gasteiger partial charge on any atom is 0.424 e. The first-order valence-electron chi connectivity index (χ1n) is 9.13. The van der Waals surface area contributed by atoms with Gasteiger partial charge >= 0.3 is 9.28 Å². The Morgan fingerprint density at radius 1 is 0.720 bits per heavy atom. The molecular weight excluding hydrogens is 324 g/mol. The molecule has 127 valence electrons. The summed E-state index contributed by atoms with van der Waals surface area (Å²) < 4.78 is 12.4. The number of rotatable bonds is 7. The lowest BCUT2D eigenvalue weighted by Crippen LogP contribution is -2.38. The van der Waals surface area contributed by atoms with Crippen molar-refractivity contribution in [1.82, 2.24) is 0 Å². The molecule has 4 rings (SSSR count). The predicted molar refractivity (Wildman–Crippen MR) is 108 cm³/mol. The lowest BCUT2D eigenvalue weighted by atomic mass is 9.94. The van der Waals surface area contributed by atoms with Gasteiger partial charge in [0.15, 0.2) is 0 Å². The van der Waals surface area contributed by atoms with E-state index in [0.29, 0.717) is 0 Å². The van der Waals surface area contributed by atoms with Crippen molar-refractivity contribution in [3.8, 4) is 0 Å². The molecule has 0 spiro atoms. The first-order chi connectivity index (χ1) is 12.3. The smallest absolute Gasteiger partial charge is 0.390 e. The van der Waals surface area contributed by atoms with E-state index in [-0.39, 0.29) is 0 Å². The van der Waals surface area contributed by atoms with Crippen LogP contribution in [0.25, 0.3) is 32.3 Å². The Morgan fingerprint density at radius 3 is 2.00 bits per heavy atom. The molecule has 2 nitrogen and oxygen atoms in total. The van der Waals surface area contributed by atoms with Crippen LogP contribution in [-0.2, 0) is 8.85 Å². The van der Waals surface area contributed by atoms with Crippen molar-refractivity contribution in [3.63, 3.8) is 0 Å². The third kappa shape index (κ3) is 2.93. The fraction of sp³-hybridized carbons (Fsp3) is 0.273. The molecule has 0 aliphatic rings. The molecule has 0 unspecified atom stereocenters. The average molecular weight is 348 g/mol. The van der Waals surface area contributed by atoms with Gasteiger partial charge in [-0.1, -0.05) is 62.4 Å². The molecule has 0 saturated heterocycles. The van der Waals surface area contributed by atoms with Gasteiger partial charge in [-0.15, -0.1) is 0 Å². The van der Waals surface area contributed by atoms with Crippen molar-refractivity contribution in [3.05, 3.63) is 54.6 Å². The minimum Gasteiger partial charge on any atom is -0.390 e. The predicted octanol–water partition coefficient (Wildman–Crippen LogP) is 5.13. The highest BCUT2D eigenvalue weighted by molar-refractivity contribution is 6.65. The summed E-state index contributed by atoms with van der Waals surface area (Å²) in [6, 6.07) is 19.8. The second-order valence-electron chi connectivity index (χ2n) is 6.46. The van der Waals surface area contributed by atoms with Crippen molar-refractivity contribution < 1.29 is 8.85 Å². The van der Waals surface area contributed by atoms with Crippen molar-refractivity contribution in [2.45, 2.75) is 26.7 Å². The molecule has 0 atom stereocenters. The molecule has 0 N–H and O–H groups in total. The van der Waals surface area contributed by atoms with Crippen molar-refractivity contribution in [2.75, 3.05) is 13.2 Å². The van der Waals surface area contributed by atoms with Gasteiger partial charge in [-0.05, 0) is 51.2 Å². The highest BCUT2D eigenvalue weighted by atomic mass is 28.3. The number of hydrogen-bond acceptors (Lipinski definition) is 2. The van der Waals surface area contributed by atoms with Gasteiger partial charge in [-0.25, -0.2) is 0 Å². The van der Waals surface area contributed by atoms with Crippen LogP contribution in [0.5, 0.6) is 0 Å². The van der Waals surface area contributed by atoms with Crippen LogP contribution in [0.2, 0.25) is 0 Å². The van der Waals surface area contributed by atoms with Crippen molar-refractivity contribution >= 4 is 46.8 Å². The van der Waals surface area contributed by atoms with Crippen LogP contribution in [-0.4, -0.2) is 22.5 Å². The van der Waals surface area contributed by atoms with E-state index in [0.717, 1.165) is 26.1 Å². The second-order valence-corrected chi connectivity index (χ2v) is 8.15.